The first-order chi connectivity index (χ1) is 6.18. The highest BCUT2D eigenvalue weighted by Crippen LogP contribution is 2.33. The third-order valence-corrected chi connectivity index (χ3v) is 2.52. The van der Waals surface area contributed by atoms with Crippen molar-refractivity contribution in [1.82, 2.24) is 0 Å². The predicted molar refractivity (Wildman–Crippen MR) is 53.0 cm³/mol. The fraction of sp³-hybridized carbons (Fsp3) is 0.455. The molecule has 0 bridgehead atoms. The molecule has 1 aromatic rings. The van der Waals surface area contributed by atoms with Gasteiger partial charge < -0.3 is 10.5 Å². The monoisotopic (exact) mass is 177 g/mol. The standard InChI is InChI=1S/C11H15NO/c1-7(2)8-3-4-9-10(12)6-13-11(9)5-8/h3-5,7,10H,6,12H2,1-2H3/t10-/m1/s1. The van der Waals surface area contributed by atoms with Crippen molar-refractivity contribution in [1.29, 1.82) is 0 Å². The second-order valence-electron chi connectivity index (χ2n) is 3.87. The van der Waals surface area contributed by atoms with Crippen LogP contribution in [0.25, 0.3) is 0 Å². The van der Waals surface area contributed by atoms with Crippen molar-refractivity contribution in [3.05, 3.63) is 29.3 Å². The van der Waals surface area contributed by atoms with Gasteiger partial charge in [-0.15, -0.1) is 0 Å². The Labute approximate surface area is 78.7 Å². The quantitative estimate of drug-likeness (QED) is 0.713. The van der Waals surface area contributed by atoms with Gasteiger partial charge in [-0.25, -0.2) is 0 Å². The van der Waals surface area contributed by atoms with E-state index in [1.54, 1.807) is 0 Å². The molecule has 1 heterocycles. The number of ether oxygens (including phenoxy) is 1. The first-order valence-electron chi connectivity index (χ1n) is 4.70. The zero-order valence-electron chi connectivity index (χ0n) is 8.08. The second kappa shape index (κ2) is 3.04. The molecule has 0 radical (unpaired) electrons. The first-order valence-corrected chi connectivity index (χ1v) is 4.70. The summed E-state index contributed by atoms with van der Waals surface area (Å²) in [7, 11) is 0. The van der Waals surface area contributed by atoms with Crippen molar-refractivity contribution < 1.29 is 4.74 Å². The van der Waals surface area contributed by atoms with Crippen LogP contribution in [-0.2, 0) is 0 Å². The largest absolute Gasteiger partial charge is 0.491 e. The Kier molecular flexibility index (Phi) is 2.00. The molecular weight excluding hydrogens is 162 g/mol. The van der Waals surface area contributed by atoms with E-state index in [4.69, 9.17) is 10.5 Å². The summed E-state index contributed by atoms with van der Waals surface area (Å²) in [5.74, 6) is 1.52. The molecule has 0 unspecified atom stereocenters. The average Bonchev–Trinajstić information content (AvgIpc) is 2.47. The average molecular weight is 177 g/mol. The molecule has 1 aliphatic rings. The number of rotatable bonds is 1. The summed E-state index contributed by atoms with van der Waals surface area (Å²) in [4.78, 5) is 0. The van der Waals surface area contributed by atoms with Crippen LogP contribution in [-0.4, -0.2) is 6.61 Å². The van der Waals surface area contributed by atoms with Crippen LogP contribution in [0.2, 0.25) is 0 Å². The number of hydrogen-bond donors (Lipinski definition) is 1. The van der Waals surface area contributed by atoms with Crippen LogP contribution >= 0.6 is 0 Å². The van der Waals surface area contributed by atoms with Gasteiger partial charge in [0.05, 0.1) is 6.04 Å². The summed E-state index contributed by atoms with van der Waals surface area (Å²) in [6, 6.07) is 6.39. The zero-order chi connectivity index (χ0) is 9.42. The van der Waals surface area contributed by atoms with Crippen LogP contribution in [0.4, 0.5) is 0 Å². The lowest BCUT2D eigenvalue weighted by Gasteiger charge is -2.07. The maximum Gasteiger partial charge on any atom is 0.124 e. The van der Waals surface area contributed by atoms with Gasteiger partial charge in [-0.3, -0.25) is 0 Å². The van der Waals surface area contributed by atoms with Gasteiger partial charge in [-0.1, -0.05) is 26.0 Å². The van der Waals surface area contributed by atoms with E-state index >= 15 is 0 Å². The first kappa shape index (κ1) is 8.57. The highest BCUT2D eigenvalue weighted by atomic mass is 16.5. The van der Waals surface area contributed by atoms with E-state index in [-0.39, 0.29) is 6.04 Å². The molecule has 2 heteroatoms. The SMILES string of the molecule is CC(C)c1ccc2c(c1)OC[C@H]2N. The molecule has 1 aromatic carbocycles. The van der Waals surface area contributed by atoms with Gasteiger partial charge in [-0.05, 0) is 17.5 Å². The summed E-state index contributed by atoms with van der Waals surface area (Å²) >= 11 is 0. The van der Waals surface area contributed by atoms with Crippen LogP contribution in [0.1, 0.15) is 36.9 Å². The van der Waals surface area contributed by atoms with E-state index in [0.717, 1.165) is 11.3 Å². The van der Waals surface area contributed by atoms with E-state index in [1.807, 2.05) is 0 Å². The molecule has 1 aliphatic heterocycles. The lowest BCUT2D eigenvalue weighted by atomic mass is 10.00. The van der Waals surface area contributed by atoms with Crippen LogP contribution in [0.3, 0.4) is 0 Å². The molecule has 1 atom stereocenters. The Balaban J connectivity index is 2.40. The van der Waals surface area contributed by atoms with Gasteiger partial charge in [0.25, 0.3) is 0 Å². The minimum atomic E-state index is 0.0659. The fourth-order valence-corrected chi connectivity index (χ4v) is 1.61. The summed E-state index contributed by atoms with van der Waals surface area (Å²) in [6.07, 6.45) is 0. The van der Waals surface area contributed by atoms with Gasteiger partial charge in [0.2, 0.25) is 0 Å². The van der Waals surface area contributed by atoms with E-state index in [1.165, 1.54) is 5.56 Å². The van der Waals surface area contributed by atoms with Crippen molar-refractivity contribution in [2.75, 3.05) is 6.61 Å². The van der Waals surface area contributed by atoms with Gasteiger partial charge in [0.15, 0.2) is 0 Å². The maximum absolute atomic E-state index is 5.85. The van der Waals surface area contributed by atoms with Crippen LogP contribution in [0, 0.1) is 0 Å². The third kappa shape index (κ3) is 1.42. The molecule has 0 aliphatic carbocycles. The van der Waals surface area contributed by atoms with Crippen molar-refractivity contribution in [3.8, 4) is 5.75 Å². The van der Waals surface area contributed by atoms with Crippen LogP contribution in [0.15, 0.2) is 18.2 Å². The molecule has 13 heavy (non-hydrogen) atoms. The molecule has 0 saturated heterocycles. The molecule has 0 aromatic heterocycles. The summed E-state index contributed by atoms with van der Waals surface area (Å²) in [5.41, 5.74) is 8.30. The molecule has 0 fully saturated rings. The molecule has 2 rings (SSSR count). The van der Waals surface area contributed by atoms with Crippen LogP contribution in [0.5, 0.6) is 5.75 Å². The van der Waals surface area contributed by atoms with Crippen molar-refractivity contribution in [3.63, 3.8) is 0 Å². The molecule has 70 valence electrons. The van der Waals surface area contributed by atoms with E-state index in [0.29, 0.717) is 12.5 Å². The molecule has 0 saturated carbocycles. The minimum Gasteiger partial charge on any atom is -0.491 e. The van der Waals surface area contributed by atoms with E-state index < -0.39 is 0 Å². The Hall–Kier alpha value is -1.02. The number of fused-ring (bicyclic) bond motifs is 1. The normalized spacial score (nSPS) is 20.2. The Morgan fingerprint density at radius 1 is 1.46 bits per heavy atom. The topological polar surface area (TPSA) is 35.2 Å². The lowest BCUT2D eigenvalue weighted by Crippen LogP contribution is -2.10. The van der Waals surface area contributed by atoms with Gasteiger partial charge in [-0.2, -0.15) is 0 Å². The Morgan fingerprint density at radius 2 is 2.23 bits per heavy atom. The van der Waals surface area contributed by atoms with Crippen molar-refractivity contribution in [2.24, 2.45) is 5.73 Å². The number of hydrogen-bond acceptors (Lipinski definition) is 2. The number of nitrogens with two attached hydrogens (primary N) is 1. The van der Waals surface area contributed by atoms with Gasteiger partial charge in [0, 0.05) is 5.56 Å². The number of benzene rings is 1. The zero-order valence-corrected chi connectivity index (χ0v) is 8.08. The molecule has 0 spiro atoms. The Bertz CT molecular complexity index is 320. The maximum atomic E-state index is 5.85. The molecular formula is C11H15NO. The second-order valence-corrected chi connectivity index (χ2v) is 3.87. The molecule has 0 amide bonds. The van der Waals surface area contributed by atoms with Crippen molar-refractivity contribution >= 4 is 0 Å². The molecule has 2 nitrogen and oxygen atoms in total. The Morgan fingerprint density at radius 3 is 2.92 bits per heavy atom. The highest BCUT2D eigenvalue weighted by Gasteiger charge is 2.20. The van der Waals surface area contributed by atoms with Gasteiger partial charge in [0.1, 0.15) is 12.4 Å². The van der Waals surface area contributed by atoms with Crippen molar-refractivity contribution in [2.45, 2.75) is 25.8 Å². The lowest BCUT2D eigenvalue weighted by molar-refractivity contribution is 0.333. The highest BCUT2D eigenvalue weighted by molar-refractivity contribution is 5.43. The van der Waals surface area contributed by atoms with Gasteiger partial charge >= 0.3 is 0 Å². The molecule has 2 N–H and O–H groups in total. The third-order valence-electron chi connectivity index (χ3n) is 2.52. The smallest absolute Gasteiger partial charge is 0.124 e. The van der Waals surface area contributed by atoms with E-state index in [9.17, 15) is 0 Å². The van der Waals surface area contributed by atoms with Crippen LogP contribution < -0.4 is 10.5 Å². The van der Waals surface area contributed by atoms with E-state index in [2.05, 4.69) is 32.0 Å². The summed E-state index contributed by atoms with van der Waals surface area (Å²) in [6.45, 7) is 4.98. The fourth-order valence-electron chi connectivity index (χ4n) is 1.61. The summed E-state index contributed by atoms with van der Waals surface area (Å²) < 4.78 is 5.48. The minimum absolute atomic E-state index is 0.0659. The summed E-state index contributed by atoms with van der Waals surface area (Å²) in [5, 5.41) is 0. The predicted octanol–water partition coefficient (Wildman–Crippen LogP) is 2.20.